The number of pyridine rings is 1. The average molecular weight is 268 g/mol. The summed E-state index contributed by atoms with van der Waals surface area (Å²) in [6.07, 6.45) is 5.54. The van der Waals surface area contributed by atoms with Crippen molar-refractivity contribution in [1.82, 2.24) is 10.3 Å². The van der Waals surface area contributed by atoms with Crippen LogP contribution in [0, 0.1) is 12.3 Å². The molecule has 1 heterocycles. The smallest absolute Gasteiger partial charge is 0.0708 e. The molecule has 0 radical (unpaired) electrons. The molecule has 2 aromatic rings. The molecule has 0 aliphatic heterocycles. The Morgan fingerprint density at radius 1 is 1.20 bits per heavy atom. The van der Waals surface area contributed by atoms with Gasteiger partial charge in [-0.1, -0.05) is 38.0 Å². The summed E-state index contributed by atoms with van der Waals surface area (Å²) in [5.74, 6) is 0. The summed E-state index contributed by atoms with van der Waals surface area (Å²) < 4.78 is 0. The zero-order valence-corrected chi connectivity index (χ0v) is 12.6. The van der Waals surface area contributed by atoms with Crippen LogP contribution >= 0.6 is 0 Å². The Labute approximate surface area is 121 Å². The Hall–Kier alpha value is -1.41. The van der Waals surface area contributed by atoms with Crippen LogP contribution in [0.2, 0.25) is 0 Å². The number of hydrogen-bond acceptors (Lipinski definition) is 2. The van der Waals surface area contributed by atoms with E-state index in [-0.39, 0.29) is 0 Å². The van der Waals surface area contributed by atoms with Crippen LogP contribution in [0.4, 0.5) is 0 Å². The fraction of sp³-hybridized carbons (Fsp3) is 0.500. The van der Waals surface area contributed by atoms with Crippen LogP contribution in [0.1, 0.15) is 43.9 Å². The first kappa shape index (κ1) is 13.6. The molecular weight excluding hydrogens is 244 g/mol. The lowest BCUT2D eigenvalue weighted by molar-refractivity contribution is 0.315. The highest BCUT2D eigenvalue weighted by molar-refractivity contribution is 5.82. The second kappa shape index (κ2) is 5.53. The van der Waals surface area contributed by atoms with Gasteiger partial charge in [-0.2, -0.15) is 0 Å². The Kier molecular flexibility index (Phi) is 3.75. The Balaban J connectivity index is 1.74. The van der Waals surface area contributed by atoms with E-state index in [1.807, 2.05) is 0 Å². The van der Waals surface area contributed by atoms with E-state index in [9.17, 15) is 0 Å². The summed E-state index contributed by atoms with van der Waals surface area (Å²) in [5.41, 5.74) is 4.09. The fourth-order valence-electron chi connectivity index (χ4n) is 3.45. The van der Waals surface area contributed by atoms with Gasteiger partial charge < -0.3 is 5.32 Å². The quantitative estimate of drug-likeness (QED) is 0.898. The van der Waals surface area contributed by atoms with Crippen LogP contribution in [-0.2, 0) is 6.54 Å². The molecule has 1 aliphatic rings. The minimum atomic E-state index is 0.512. The Morgan fingerprint density at radius 2 is 1.95 bits per heavy atom. The second-order valence-corrected chi connectivity index (χ2v) is 6.56. The van der Waals surface area contributed by atoms with Crippen molar-refractivity contribution < 1.29 is 0 Å². The Bertz CT molecular complexity index is 597. The maximum Gasteiger partial charge on any atom is 0.0708 e. The number of para-hydroxylation sites is 1. The van der Waals surface area contributed by atoms with Gasteiger partial charge in [0.15, 0.2) is 0 Å². The van der Waals surface area contributed by atoms with Crippen LogP contribution < -0.4 is 5.32 Å². The first-order valence-corrected chi connectivity index (χ1v) is 7.72. The predicted molar refractivity (Wildman–Crippen MR) is 84.8 cm³/mol. The van der Waals surface area contributed by atoms with Crippen LogP contribution in [-0.4, -0.2) is 11.5 Å². The first-order valence-electron chi connectivity index (χ1n) is 7.72. The molecule has 106 valence electrons. The number of nitrogens with zero attached hydrogens (tertiary/aromatic N) is 1. The highest BCUT2D eigenvalue weighted by Gasteiger charge is 2.27. The topological polar surface area (TPSA) is 24.9 Å². The molecule has 0 bridgehead atoms. The van der Waals surface area contributed by atoms with Crippen LogP contribution in [0.3, 0.4) is 0 Å². The van der Waals surface area contributed by atoms with Crippen molar-refractivity contribution in [2.75, 3.05) is 6.54 Å². The van der Waals surface area contributed by atoms with Crippen molar-refractivity contribution in [3.63, 3.8) is 0 Å². The van der Waals surface area contributed by atoms with Gasteiger partial charge in [0.05, 0.1) is 5.52 Å². The number of hydrogen-bond donors (Lipinski definition) is 1. The third kappa shape index (κ3) is 2.85. The van der Waals surface area contributed by atoms with E-state index in [0.717, 1.165) is 24.3 Å². The Morgan fingerprint density at radius 3 is 2.75 bits per heavy atom. The lowest BCUT2D eigenvalue weighted by Gasteiger charge is -2.24. The molecule has 2 nitrogen and oxygen atoms in total. The predicted octanol–water partition coefficient (Wildman–Crippen LogP) is 4.21. The molecule has 3 rings (SSSR count). The number of aromatic nitrogens is 1. The highest BCUT2D eigenvalue weighted by Crippen LogP contribution is 2.36. The number of aryl methyl sites for hydroxylation is 1. The van der Waals surface area contributed by atoms with Crippen molar-refractivity contribution in [3.05, 3.63) is 41.6 Å². The van der Waals surface area contributed by atoms with Gasteiger partial charge in [0.25, 0.3) is 0 Å². The monoisotopic (exact) mass is 268 g/mol. The second-order valence-electron chi connectivity index (χ2n) is 6.56. The molecule has 2 heteroatoms. The van der Waals surface area contributed by atoms with E-state index in [0.29, 0.717) is 5.41 Å². The van der Waals surface area contributed by atoms with Crippen molar-refractivity contribution in [2.45, 2.75) is 46.1 Å². The van der Waals surface area contributed by atoms with Gasteiger partial charge in [-0.15, -0.1) is 0 Å². The van der Waals surface area contributed by atoms with Crippen LogP contribution in [0.25, 0.3) is 10.9 Å². The summed E-state index contributed by atoms with van der Waals surface area (Å²) in [5, 5.41) is 4.96. The lowest BCUT2D eigenvalue weighted by Crippen LogP contribution is -2.29. The van der Waals surface area contributed by atoms with E-state index < -0.39 is 0 Å². The number of benzene rings is 1. The van der Waals surface area contributed by atoms with Crippen LogP contribution in [0.15, 0.2) is 30.3 Å². The van der Waals surface area contributed by atoms with Gasteiger partial charge in [0.1, 0.15) is 0 Å². The van der Waals surface area contributed by atoms with Crippen molar-refractivity contribution in [1.29, 1.82) is 0 Å². The molecule has 1 aromatic carbocycles. The average Bonchev–Trinajstić information content (AvgIpc) is 2.85. The molecule has 0 amide bonds. The van der Waals surface area contributed by atoms with Gasteiger partial charge in [-0.25, -0.2) is 0 Å². The fourth-order valence-corrected chi connectivity index (χ4v) is 3.45. The molecule has 1 saturated carbocycles. The molecule has 0 saturated heterocycles. The number of nitrogens with one attached hydrogen (secondary N) is 1. The van der Waals surface area contributed by atoms with Crippen molar-refractivity contribution in [2.24, 2.45) is 5.41 Å². The maximum absolute atomic E-state index is 4.61. The SMILES string of the molecule is Cc1cc(CNCC2(C)CCCC2)c2ccccc2n1. The first-order chi connectivity index (χ1) is 9.66. The summed E-state index contributed by atoms with van der Waals surface area (Å²) >= 11 is 0. The van der Waals surface area contributed by atoms with Gasteiger partial charge in [-0.05, 0) is 42.9 Å². The summed E-state index contributed by atoms with van der Waals surface area (Å²) in [7, 11) is 0. The molecule has 1 fully saturated rings. The van der Waals surface area contributed by atoms with Gasteiger partial charge in [0.2, 0.25) is 0 Å². The molecule has 0 spiro atoms. The van der Waals surface area contributed by atoms with E-state index in [1.54, 1.807) is 0 Å². The molecule has 20 heavy (non-hydrogen) atoms. The lowest BCUT2D eigenvalue weighted by atomic mass is 9.89. The van der Waals surface area contributed by atoms with E-state index in [4.69, 9.17) is 0 Å². The zero-order chi connectivity index (χ0) is 14.0. The van der Waals surface area contributed by atoms with E-state index in [1.165, 1.54) is 36.6 Å². The summed E-state index contributed by atoms with van der Waals surface area (Å²) in [6.45, 7) is 6.57. The van der Waals surface area contributed by atoms with Crippen molar-refractivity contribution >= 4 is 10.9 Å². The molecule has 0 unspecified atom stereocenters. The largest absolute Gasteiger partial charge is 0.312 e. The molecule has 1 aliphatic carbocycles. The minimum absolute atomic E-state index is 0.512. The molecule has 1 aromatic heterocycles. The van der Waals surface area contributed by atoms with E-state index >= 15 is 0 Å². The summed E-state index contributed by atoms with van der Waals surface area (Å²) in [6, 6.07) is 10.7. The molecule has 1 N–H and O–H groups in total. The minimum Gasteiger partial charge on any atom is -0.312 e. The van der Waals surface area contributed by atoms with Gasteiger partial charge >= 0.3 is 0 Å². The maximum atomic E-state index is 4.61. The standard InChI is InChI=1S/C18H24N2/c1-14-11-15(16-7-3-4-8-17(16)20-14)12-19-13-18(2)9-5-6-10-18/h3-4,7-8,11,19H,5-6,9-10,12-13H2,1-2H3. The number of fused-ring (bicyclic) bond motifs is 1. The van der Waals surface area contributed by atoms with Crippen LogP contribution in [0.5, 0.6) is 0 Å². The van der Waals surface area contributed by atoms with Gasteiger partial charge in [0, 0.05) is 24.2 Å². The third-order valence-electron chi connectivity index (χ3n) is 4.61. The van der Waals surface area contributed by atoms with E-state index in [2.05, 4.69) is 54.5 Å². The van der Waals surface area contributed by atoms with Crippen molar-refractivity contribution in [3.8, 4) is 0 Å². The molecule has 0 atom stereocenters. The van der Waals surface area contributed by atoms with Gasteiger partial charge in [-0.3, -0.25) is 4.98 Å². The number of rotatable bonds is 4. The summed E-state index contributed by atoms with van der Waals surface area (Å²) in [4.78, 5) is 4.61. The normalized spacial score (nSPS) is 17.7. The zero-order valence-electron chi connectivity index (χ0n) is 12.6. The molecular formula is C18H24N2. The highest BCUT2D eigenvalue weighted by atomic mass is 14.9. The third-order valence-corrected chi connectivity index (χ3v) is 4.61.